The molecular weight excluding hydrogens is 260 g/mol. The van der Waals surface area contributed by atoms with Gasteiger partial charge in [0.15, 0.2) is 0 Å². The predicted octanol–water partition coefficient (Wildman–Crippen LogP) is 4.65. The van der Waals surface area contributed by atoms with Crippen molar-refractivity contribution in [1.82, 2.24) is 0 Å². The Morgan fingerprint density at radius 2 is 1.88 bits per heavy atom. The number of halogens is 3. The van der Waals surface area contributed by atoms with Gasteiger partial charge in [-0.05, 0) is 37.3 Å². The molecule has 1 rings (SSSR count). The average molecular weight is 280 g/mol. The number of rotatable bonds is 4. The van der Waals surface area contributed by atoms with Gasteiger partial charge in [0.05, 0.1) is 5.02 Å². The first-order chi connectivity index (χ1) is 7.43. The summed E-state index contributed by atoms with van der Waals surface area (Å²) in [6.07, 6.45) is 1.74. The Kier molecular flexibility index (Phi) is 7.07. The van der Waals surface area contributed by atoms with Gasteiger partial charge < -0.3 is 5.73 Å². The average Bonchev–Trinajstić information content (AvgIpc) is 2.21. The fourth-order valence-electron chi connectivity index (χ4n) is 1.68. The summed E-state index contributed by atoms with van der Waals surface area (Å²) in [5.41, 5.74) is 7.32. The van der Waals surface area contributed by atoms with Crippen molar-refractivity contribution in [3.05, 3.63) is 34.1 Å². The lowest BCUT2D eigenvalue weighted by Crippen LogP contribution is -2.14. The largest absolute Gasteiger partial charge is 0.324 e. The molecule has 0 aliphatic carbocycles. The SMILES string of the molecule is Cc1ccc(F)c([C@H](N)CCC(C)C)c1Cl.Cl. The summed E-state index contributed by atoms with van der Waals surface area (Å²) in [7, 11) is 0. The highest BCUT2D eigenvalue weighted by Gasteiger charge is 2.17. The van der Waals surface area contributed by atoms with Gasteiger partial charge in [-0.25, -0.2) is 4.39 Å². The van der Waals surface area contributed by atoms with Crippen molar-refractivity contribution in [3.63, 3.8) is 0 Å². The Morgan fingerprint density at radius 1 is 1.29 bits per heavy atom. The van der Waals surface area contributed by atoms with E-state index in [2.05, 4.69) is 13.8 Å². The van der Waals surface area contributed by atoms with Gasteiger partial charge >= 0.3 is 0 Å². The Hall–Kier alpha value is -0.310. The van der Waals surface area contributed by atoms with Gasteiger partial charge in [0.2, 0.25) is 0 Å². The van der Waals surface area contributed by atoms with Gasteiger partial charge in [-0.2, -0.15) is 0 Å². The summed E-state index contributed by atoms with van der Waals surface area (Å²) in [6, 6.07) is 2.80. The van der Waals surface area contributed by atoms with Gasteiger partial charge in [0.1, 0.15) is 5.82 Å². The van der Waals surface area contributed by atoms with E-state index >= 15 is 0 Å². The number of hydrogen-bond acceptors (Lipinski definition) is 1. The molecule has 1 nitrogen and oxygen atoms in total. The highest BCUT2D eigenvalue weighted by Crippen LogP contribution is 2.30. The van der Waals surface area contributed by atoms with Crippen LogP contribution in [0, 0.1) is 18.7 Å². The molecule has 2 N–H and O–H groups in total. The normalized spacial score (nSPS) is 12.4. The van der Waals surface area contributed by atoms with Crippen LogP contribution in [0.15, 0.2) is 12.1 Å². The van der Waals surface area contributed by atoms with Gasteiger partial charge in [-0.15, -0.1) is 12.4 Å². The van der Waals surface area contributed by atoms with E-state index in [1.807, 2.05) is 6.92 Å². The molecule has 17 heavy (non-hydrogen) atoms. The van der Waals surface area contributed by atoms with E-state index in [-0.39, 0.29) is 24.3 Å². The Bertz CT molecular complexity index is 367. The topological polar surface area (TPSA) is 26.0 Å². The molecule has 0 aromatic heterocycles. The van der Waals surface area contributed by atoms with Gasteiger partial charge in [0, 0.05) is 11.6 Å². The zero-order valence-electron chi connectivity index (χ0n) is 10.5. The van der Waals surface area contributed by atoms with E-state index in [0.717, 1.165) is 18.4 Å². The highest BCUT2D eigenvalue weighted by molar-refractivity contribution is 6.32. The van der Waals surface area contributed by atoms with Crippen LogP contribution in [0.25, 0.3) is 0 Å². The Balaban J connectivity index is 0.00000256. The molecule has 0 fully saturated rings. The maximum absolute atomic E-state index is 13.6. The van der Waals surface area contributed by atoms with Crippen molar-refractivity contribution in [2.45, 2.75) is 39.7 Å². The lowest BCUT2D eigenvalue weighted by molar-refractivity contribution is 0.491. The number of benzene rings is 1. The summed E-state index contributed by atoms with van der Waals surface area (Å²) in [5.74, 6) is 0.268. The molecule has 0 bridgehead atoms. The standard InChI is InChI=1S/C13H19ClFN.ClH/c1-8(2)4-7-11(16)12-10(15)6-5-9(3)13(12)14;/h5-6,8,11H,4,7,16H2,1-3H3;1H/t11-;/m1./s1. The van der Waals surface area contributed by atoms with E-state index in [1.54, 1.807) is 6.07 Å². The number of aryl methyl sites for hydroxylation is 1. The van der Waals surface area contributed by atoms with Crippen molar-refractivity contribution < 1.29 is 4.39 Å². The molecule has 1 aromatic rings. The quantitative estimate of drug-likeness (QED) is 0.853. The predicted molar refractivity (Wildman–Crippen MR) is 74.4 cm³/mol. The second-order valence-corrected chi connectivity index (χ2v) is 5.05. The summed E-state index contributed by atoms with van der Waals surface area (Å²) < 4.78 is 13.6. The third-order valence-corrected chi connectivity index (χ3v) is 3.25. The molecule has 0 aliphatic rings. The maximum Gasteiger partial charge on any atom is 0.129 e. The van der Waals surface area contributed by atoms with Gasteiger partial charge in [0.25, 0.3) is 0 Å². The number of nitrogens with two attached hydrogens (primary N) is 1. The minimum Gasteiger partial charge on any atom is -0.324 e. The summed E-state index contributed by atoms with van der Waals surface area (Å²) >= 11 is 6.09. The van der Waals surface area contributed by atoms with E-state index in [1.165, 1.54) is 6.07 Å². The van der Waals surface area contributed by atoms with E-state index in [9.17, 15) is 4.39 Å². The zero-order chi connectivity index (χ0) is 12.3. The van der Waals surface area contributed by atoms with Gasteiger partial charge in [-0.3, -0.25) is 0 Å². The van der Waals surface area contributed by atoms with Crippen LogP contribution in [-0.2, 0) is 0 Å². The van der Waals surface area contributed by atoms with E-state index in [0.29, 0.717) is 16.5 Å². The zero-order valence-corrected chi connectivity index (χ0v) is 12.0. The Labute approximate surface area is 114 Å². The van der Waals surface area contributed by atoms with E-state index in [4.69, 9.17) is 17.3 Å². The fraction of sp³-hybridized carbons (Fsp3) is 0.538. The molecule has 0 spiro atoms. The van der Waals surface area contributed by atoms with Crippen LogP contribution >= 0.6 is 24.0 Å². The third kappa shape index (κ3) is 4.46. The smallest absolute Gasteiger partial charge is 0.129 e. The molecule has 98 valence electrons. The lowest BCUT2D eigenvalue weighted by atomic mass is 9.97. The van der Waals surface area contributed by atoms with Crippen LogP contribution in [0.5, 0.6) is 0 Å². The van der Waals surface area contributed by atoms with E-state index < -0.39 is 0 Å². The van der Waals surface area contributed by atoms with Crippen molar-refractivity contribution in [2.75, 3.05) is 0 Å². The minimum absolute atomic E-state index is 0. The second kappa shape index (κ2) is 7.20. The molecule has 0 aliphatic heterocycles. The molecular formula is C13H20Cl2FN. The fourth-order valence-corrected chi connectivity index (χ4v) is 1.97. The maximum atomic E-state index is 13.6. The number of hydrogen-bond donors (Lipinski definition) is 1. The van der Waals surface area contributed by atoms with Gasteiger partial charge in [-0.1, -0.05) is 31.5 Å². The van der Waals surface area contributed by atoms with Crippen LogP contribution < -0.4 is 5.73 Å². The third-order valence-electron chi connectivity index (χ3n) is 2.75. The van der Waals surface area contributed by atoms with Crippen LogP contribution in [0.2, 0.25) is 5.02 Å². The van der Waals surface area contributed by atoms with Crippen molar-refractivity contribution in [1.29, 1.82) is 0 Å². The first kappa shape index (κ1) is 16.7. The molecule has 0 unspecified atom stereocenters. The van der Waals surface area contributed by atoms with Crippen molar-refractivity contribution in [3.8, 4) is 0 Å². The molecule has 1 aromatic carbocycles. The molecule has 0 heterocycles. The lowest BCUT2D eigenvalue weighted by Gasteiger charge is -2.17. The second-order valence-electron chi connectivity index (χ2n) is 4.67. The monoisotopic (exact) mass is 279 g/mol. The Morgan fingerprint density at radius 3 is 2.41 bits per heavy atom. The van der Waals surface area contributed by atoms with Crippen LogP contribution in [0.1, 0.15) is 43.9 Å². The van der Waals surface area contributed by atoms with Crippen LogP contribution in [-0.4, -0.2) is 0 Å². The first-order valence-electron chi connectivity index (χ1n) is 5.63. The molecule has 4 heteroatoms. The van der Waals surface area contributed by atoms with Crippen LogP contribution in [0.3, 0.4) is 0 Å². The molecule has 1 atom stereocenters. The minimum atomic E-state index is -0.310. The van der Waals surface area contributed by atoms with Crippen molar-refractivity contribution in [2.24, 2.45) is 11.7 Å². The molecule has 0 amide bonds. The molecule has 0 saturated carbocycles. The molecule has 0 saturated heterocycles. The molecule has 0 radical (unpaired) electrons. The van der Waals surface area contributed by atoms with Crippen molar-refractivity contribution >= 4 is 24.0 Å². The highest BCUT2D eigenvalue weighted by atomic mass is 35.5. The van der Waals surface area contributed by atoms with Crippen LogP contribution in [0.4, 0.5) is 4.39 Å². The summed E-state index contributed by atoms with van der Waals surface area (Å²) in [4.78, 5) is 0. The summed E-state index contributed by atoms with van der Waals surface area (Å²) in [5, 5.41) is 0.469. The first-order valence-corrected chi connectivity index (χ1v) is 6.01. The summed E-state index contributed by atoms with van der Waals surface area (Å²) in [6.45, 7) is 6.11.